The second-order valence-electron chi connectivity index (χ2n) is 6.52. The van der Waals surface area contributed by atoms with E-state index in [2.05, 4.69) is 5.32 Å². The van der Waals surface area contributed by atoms with Gasteiger partial charge in [-0.3, -0.25) is 9.59 Å². The average Bonchev–Trinajstić information content (AvgIpc) is 2.63. The van der Waals surface area contributed by atoms with Crippen molar-refractivity contribution in [2.24, 2.45) is 0 Å². The topological polar surface area (TPSA) is 66.4 Å². The molecule has 0 aromatic heterocycles. The van der Waals surface area contributed by atoms with Crippen LogP contribution in [-0.4, -0.2) is 23.0 Å². The van der Waals surface area contributed by atoms with Crippen LogP contribution in [0.4, 0.5) is 0 Å². The van der Waals surface area contributed by atoms with E-state index in [4.69, 9.17) is 11.6 Å². The van der Waals surface area contributed by atoms with E-state index in [0.29, 0.717) is 11.4 Å². The Morgan fingerprint density at radius 1 is 0.963 bits per heavy atom. The van der Waals surface area contributed by atoms with E-state index in [0.717, 1.165) is 21.9 Å². The number of fused-ring (bicyclic) bond motifs is 1. The lowest BCUT2D eigenvalue weighted by molar-refractivity contribution is -0.137. The molecule has 1 amide bonds. The number of nitrogens with one attached hydrogen (secondary N) is 1. The summed E-state index contributed by atoms with van der Waals surface area (Å²) in [5.74, 6) is -1.19. The number of amides is 1. The summed E-state index contributed by atoms with van der Waals surface area (Å²) in [5.41, 5.74) is 1.70. The van der Waals surface area contributed by atoms with Gasteiger partial charge in [-0.05, 0) is 34.4 Å². The summed E-state index contributed by atoms with van der Waals surface area (Å²) in [7, 11) is 0. The number of aliphatic carboxylic acids is 1. The number of carboxylic acids is 1. The van der Waals surface area contributed by atoms with Crippen LogP contribution >= 0.6 is 11.6 Å². The zero-order valence-corrected chi connectivity index (χ0v) is 15.4. The molecule has 2 N–H and O–H groups in total. The van der Waals surface area contributed by atoms with Gasteiger partial charge in [0.2, 0.25) is 5.91 Å². The van der Waals surface area contributed by atoms with Gasteiger partial charge in [-0.25, -0.2) is 0 Å². The third-order valence-corrected chi connectivity index (χ3v) is 4.76. The van der Waals surface area contributed by atoms with Gasteiger partial charge in [0.05, 0.1) is 12.8 Å². The van der Waals surface area contributed by atoms with E-state index in [1.54, 1.807) is 18.2 Å². The Morgan fingerprint density at radius 3 is 2.41 bits per heavy atom. The molecule has 0 aliphatic carbocycles. The molecule has 0 unspecified atom stereocenters. The third kappa shape index (κ3) is 5.31. The highest BCUT2D eigenvalue weighted by Crippen LogP contribution is 2.18. The minimum Gasteiger partial charge on any atom is -0.481 e. The normalized spacial score (nSPS) is 11.9. The molecule has 0 spiro atoms. The van der Waals surface area contributed by atoms with Crippen molar-refractivity contribution in [1.82, 2.24) is 5.32 Å². The van der Waals surface area contributed by atoms with Crippen molar-refractivity contribution >= 4 is 34.2 Å². The smallest absolute Gasteiger partial charge is 0.305 e. The molecule has 27 heavy (non-hydrogen) atoms. The first kappa shape index (κ1) is 18.9. The maximum Gasteiger partial charge on any atom is 0.305 e. The summed E-state index contributed by atoms with van der Waals surface area (Å²) in [6.45, 7) is 0. The van der Waals surface area contributed by atoms with Crippen LogP contribution in [0.15, 0.2) is 66.7 Å². The SMILES string of the molecule is O=C(O)C[C@@H](Cc1ccc2ccccc2c1)NC(=O)Cc1ccccc1Cl. The quantitative estimate of drug-likeness (QED) is 0.643. The van der Waals surface area contributed by atoms with Gasteiger partial charge in [0.15, 0.2) is 0 Å². The molecule has 0 heterocycles. The van der Waals surface area contributed by atoms with Crippen LogP contribution in [0.5, 0.6) is 0 Å². The standard InChI is InChI=1S/C22H20ClNO3/c23-20-8-4-3-7-18(20)13-21(25)24-19(14-22(26)27)12-15-9-10-16-5-1-2-6-17(16)11-15/h1-11,19H,12-14H2,(H,24,25)(H,26,27)/t19-/m1/s1. The Balaban J connectivity index is 1.71. The predicted octanol–water partition coefficient (Wildman–Crippen LogP) is 4.24. The molecule has 0 aliphatic heterocycles. The van der Waals surface area contributed by atoms with E-state index in [1.807, 2.05) is 48.5 Å². The lowest BCUT2D eigenvalue weighted by Gasteiger charge is -2.18. The van der Waals surface area contributed by atoms with Crippen LogP contribution < -0.4 is 5.32 Å². The molecule has 4 nitrogen and oxygen atoms in total. The fourth-order valence-corrected chi connectivity index (χ4v) is 3.33. The van der Waals surface area contributed by atoms with E-state index >= 15 is 0 Å². The Kier molecular flexibility index (Phi) is 6.09. The fourth-order valence-electron chi connectivity index (χ4n) is 3.13. The minimum absolute atomic E-state index is 0.119. The second kappa shape index (κ2) is 8.69. The molecular weight excluding hydrogens is 362 g/mol. The molecule has 0 radical (unpaired) electrons. The average molecular weight is 382 g/mol. The summed E-state index contributed by atoms with van der Waals surface area (Å²) >= 11 is 6.10. The number of carbonyl (C=O) groups is 2. The Morgan fingerprint density at radius 2 is 1.67 bits per heavy atom. The van der Waals surface area contributed by atoms with Crippen molar-refractivity contribution in [2.45, 2.75) is 25.3 Å². The molecular formula is C22H20ClNO3. The maximum atomic E-state index is 12.4. The lowest BCUT2D eigenvalue weighted by Crippen LogP contribution is -2.39. The molecule has 138 valence electrons. The number of hydrogen-bond donors (Lipinski definition) is 2. The van der Waals surface area contributed by atoms with Crippen LogP contribution in [0.3, 0.4) is 0 Å². The Labute approximate surface area is 162 Å². The number of carbonyl (C=O) groups excluding carboxylic acids is 1. The Hall–Kier alpha value is -2.85. The van der Waals surface area contributed by atoms with E-state index in [-0.39, 0.29) is 18.7 Å². The van der Waals surface area contributed by atoms with E-state index in [9.17, 15) is 14.7 Å². The van der Waals surface area contributed by atoms with Crippen molar-refractivity contribution in [1.29, 1.82) is 0 Å². The van der Waals surface area contributed by atoms with Crippen LogP contribution in [0.2, 0.25) is 5.02 Å². The number of carboxylic acid groups (broad SMARTS) is 1. The van der Waals surface area contributed by atoms with Gasteiger partial charge >= 0.3 is 5.97 Å². The van der Waals surface area contributed by atoms with Gasteiger partial charge in [0.1, 0.15) is 0 Å². The first-order chi connectivity index (χ1) is 13.0. The molecule has 0 bridgehead atoms. The molecule has 0 saturated heterocycles. The zero-order chi connectivity index (χ0) is 19.2. The monoisotopic (exact) mass is 381 g/mol. The molecule has 3 rings (SSSR count). The number of benzene rings is 3. The van der Waals surface area contributed by atoms with Gasteiger partial charge in [-0.15, -0.1) is 0 Å². The van der Waals surface area contributed by atoms with Crippen molar-refractivity contribution in [3.05, 3.63) is 82.9 Å². The first-order valence-electron chi connectivity index (χ1n) is 8.73. The van der Waals surface area contributed by atoms with Crippen molar-refractivity contribution in [2.75, 3.05) is 0 Å². The number of rotatable bonds is 7. The summed E-state index contributed by atoms with van der Waals surface area (Å²) < 4.78 is 0. The highest BCUT2D eigenvalue weighted by molar-refractivity contribution is 6.31. The van der Waals surface area contributed by atoms with Crippen LogP contribution in [0.1, 0.15) is 17.5 Å². The third-order valence-electron chi connectivity index (χ3n) is 4.39. The summed E-state index contributed by atoms with van der Waals surface area (Å²) in [5, 5.41) is 14.8. The minimum atomic E-state index is -0.946. The van der Waals surface area contributed by atoms with Crippen molar-refractivity contribution in [3.63, 3.8) is 0 Å². The predicted molar refractivity (Wildman–Crippen MR) is 107 cm³/mol. The molecule has 0 fully saturated rings. The van der Waals surface area contributed by atoms with E-state index in [1.165, 1.54) is 0 Å². The largest absolute Gasteiger partial charge is 0.481 e. The molecule has 0 saturated carbocycles. The highest BCUT2D eigenvalue weighted by Gasteiger charge is 2.17. The lowest BCUT2D eigenvalue weighted by atomic mass is 9.99. The molecule has 3 aromatic carbocycles. The number of halogens is 1. The highest BCUT2D eigenvalue weighted by atomic mass is 35.5. The number of hydrogen-bond acceptors (Lipinski definition) is 2. The van der Waals surface area contributed by atoms with Gasteiger partial charge in [-0.1, -0.05) is 72.3 Å². The van der Waals surface area contributed by atoms with Gasteiger partial charge in [0.25, 0.3) is 0 Å². The van der Waals surface area contributed by atoms with Gasteiger partial charge in [-0.2, -0.15) is 0 Å². The maximum absolute atomic E-state index is 12.4. The summed E-state index contributed by atoms with van der Waals surface area (Å²) in [6.07, 6.45) is 0.431. The van der Waals surface area contributed by atoms with E-state index < -0.39 is 12.0 Å². The molecule has 3 aromatic rings. The van der Waals surface area contributed by atoms with Crippen molar-refractivity contribution in [3.8, 4) is 0 Å². The Bertz CT molecular complexity index is 970. The first-order valence-corrected chi connectivity index (χ1v) is 9.11. The van der Waals surface area contributed by atoms with Crippen LogP contribution in [0.25, 0.3) is 10.8 Å². The molecule has 0 aliphatic rings. The second-order valence-corrected chi connectivity index (χ2v) is 6.92. The molecule has 1 atom stereocenters. The van der Waals surface area contributed by atoms with Crippen molar-refractivity contribution < 1.29 is 14.7 Å². The van der Waals surface area contributed by atoms with Crippen LogP contribution in [0, 0.1) is 0 Å². The van der Waals surface area contributed by atoms with Crippen LogP contribution in [-0.2, 0) is 22.4 Å². The van der Waals surface area contributed by atoms with Gasteiger partial charge < -0.3 is 10.4 Å². The van der Waals surface area contributed by atoms with Gasteiger partial charge in [0, 0.05) is 11.1 Å². The summed E-state index contributed by atoms with van der Waals surface area (Å²) in [6, 6.07) is 20.6. The summed E-state index contributed by atoms with van der Waals surface area (Å²) in [4.78, 5) is 23.6. The zero-order valence-electron chi connectivity index (χ0n) is 14.7. The molecule has 5 heteroatoms. The fraction of sp³-hybridized carbons (Fsp3) is 0.182.